The Labute approximate surface area is 152 Å². The van der Waals surface area contributed by atoms with Crippen LogP contribution in [0.15, 0.2) is 35.2 Å². The molecule has 0 saturated heterocycles. The molecular formula is C14H9NaO7S. The molecule has 0 aromatic heterocycles. The number of fused-ring (bicyclic) bond motifs is 2. The first-order valence-corrected chi connectivity index (χ1v) is 7.41. The zero-order valence-electron chi connectivity index (χ0n) is 11.8. The van der Waals surface area contributed by atoms with Crippen LogP contribution < -0.4 is 29.6 Å². The molecule has 0 atom stereocenters. The number of aromatic hydroxyl groups is 4. The average Bonchev–Trinajstić information content (AvgIpc) is 2.46. The number of phenols is 4. The van der Waals surface area contributed by atoms with Crippen molar-refractivity contribution in [3.8, 4) is 23.0 Å². The fourth-order valence-electron chi connectivity index (χ4n) is 2.43. The van der Waals surface area contributed by atoms with E-state index < -0.39 is 38.0 Å². The maximum absolute atomic E-state index is 11.1. The molecule has 3 rings (SSSR count). The van der Waals surface area contributed by atoms with Crippen molar-refractivity contribution >= 4 is 31.7 Å². The summed E-state index contributed by atoms with van der Waals surface area (Å²) < 4.78 is 33.4. The van der Waals surface area contributed by atoms with E-state index in [0.717, 1.165) is 0 Å². The Morgan fingerprint density at radius 3 is 1.83 bits per heavy atom. The molecule has 0 radical (unpaired) electrons. The van der Waals surface area contributed by atoms with Gasteiger partial charge in [-0.25, -0.2) is 8.42 Å². The van der Waals surface area contributed by atoms with Crippen molar-refractivity contribution in [1.29, 1.82) is 0 Å². The molecule has 0 aliphatic carbocycles. The summed E-state index contributed by atoms with van der Waals surface area (Å²) in [5.41, 5.74) is 0. The van der Waals surface area contributed by atoms with Gasteiger partial charge >= 0.3 is 29.6 Å². The van der Waals surface area contributed by atoms with E-state index in [1.165, 1.54) is 12.1 Å². The Kier molecular flexibility index (Phi) is 4.40. The summed E-state index contributed by atoms with van der Waals surface area (Å²) in [7, 11) is -5.08. The molecule has 7 nitrogen and oxygen atoms in total. The van der Waals surface area contributed by atoms with Gasteiger partial charge < -0.3 is 25.0 Å². The number of hydrogen-bond acceptors (Lipinski definition) is 7. The molecule has 0 heterocycles. The van der Waals surface area contributed by atoms with Gasteiger partial charge in [0.05, 0.1) is 5.39 Å². The van der Waals surface area contributed by atoms with Crippen LogP contribution in [-0.4, -0.2) is 33.4 Å². The van der Waals surface area contributed by atoms with Gasteiger partial charge in [-0.3, -0.25) is 0 Å². The average molecular weight is 344 g/mol. The largest absolute Gasteiger partial charge is 1.00 e. The molecule has 0 unspecified atom stereocenters. The molecule has 0 saturated carbocycles. The summed E-state index contributed by atoms with van der Waals surface area (Å²) in [6.07, 6.45) is 0. The van der Waals surface area contributed by atoms with Gasteiger partial charge in [-0.05, 0) is 6.07 Å². The zero-order chi connectivity index (χ0) is 16.2. The fourth-order valence-corrected chi connectivity index (χ4v) is 3.02. The van der Waals surface area contributed by atoms with E-state index in [0.29, 0.717) is 6.07 Å². The number of rotatable bonds is 1. The normalized spacial score (nSPS) is 11.5. The zero-order valence-corrected chi connectivity index (χ0v) is 14.6. The van der Waals surface area contributed by atoms with Crippen molar-refractivity contribution in [2.24, 2.45) is 0 Å². The Hall–Kier alpha value is -1.71. The molecule has 0 amide bonds. The molecule has 9 heteroatoms. The van der Waals surface area contributed by atoms with Crippen LogP contribution in [0.4, 0.5) is 0 Å². The fraction of sp³-hybridized carbons (Fsp3) is 0. The molecule has 3 aromatic carbocycles. The van der Waals surface area contributed by atoms with Gasteiger partial charge in [0.1, 0.15) is 26.5 Å². The maximum atomic E-state index is 11.1. The Morgan fingerprint density at radius 2 is 1.30 bits per heavy atom. The topological polar surface area (TPSA) is 138 Å². The van der Waals surface area contributed by atoms with Gasteiger partial charge in [0.2, 0.25) is 0 Å². The Bertz CT molecular complexity index is 1040. The number of hydrogen-bond donors (Lipinski definition) is 4. The van der Waals surface area contributed by atoms with E-state index in [1.807, 2.05) is 0 Å². The monoisotopic (exact) mass is 344 g/mol. The summed E-state index contributed by atoms with van der Waals surface area (Å²) in [5, 5.41) is 39.9. The summed E-state index contributed by atoms with van der Waals surface area (Å²) in [6, 6.07) is 6.82. The van der Waals surface area contributed by atoms with Crippen LogP contribution in [0, 0.1) is 0 Å². The maximum Gasteiger partial charge on any atom is 1.00 e. The van der Waals surface area contributed by atoms with Crippen molar-refractivity contribution in [3.05, 3.63) is 30.3 Å². The van der Waals surface area contributed by atoms with Gasteiger partial charge in [-0.15, -0.1) is 0 Å². The molecule has 0 spiro atoms. The predicted molar refractivity (Wildman–Crippen MR) is 76.1 cm³/mol. The van der Waals surface area contributed by atoms with Crippen LogP contribution >= 0.6 is 0 Å². The van der Waals surface area contributed by atoms with Crippen molar-refractivity contribution in [1.82, 2.24) is 0 Å². The number of benzene rings is 3. The molecule has 114 valence electrons. The third-order valence-electron chi connectivity index (χ3n) is 3.44. The van der Waals surface area contributed by atoms with Crippen LogP contribution in [0.5, 0.6) is 23.0 Å². The van der Waals surface area contributed by atoms with Gasteiger partial charge in [-0.2, -0.15) is 0 Å². The summed E-state index contributed by atoms with van der Waals surface area (Å²) in [6.45, 7) is 0. The second kappa shape index (κ2) is 5.73. The van der Waals surface area contributed by atoms with Crippen LogP contribution in [0.1, 0.15) is 0 Å². The van der Waals surface area contributed by atoms with Crippen molar-refractivity contribution in [2.75, 3.05) is 0 Å². The Balaban J connectivity index is 0.00000192. The molecule has 3 aromatic rings. The van der Waals surface area contributed by atoms with Crippen LogP contribution in [0.2, 0.25) is 0 Å². The van der Waals surface area contributed by atoms with E-state index in [9.17, 15) is 33.4 Å². The van der Waals surface area contributed by atoms with Crippen molar-refractivity contribution in [2.45, 2.75) is 4.90 Å². The third kappa shape index (κ3) is 2.58. The predicted octanol–water partition coefficient (Wildman–Crippen LogP) is -1.28. The minimum atomic E-state index is -5.08. The van der Waals surface area contributed by atoms with E-state index in [-0.39, 0.29) is 51.1 Å². The van der Waals surface area contributed by atoms with Gasteiger partial charge in [-0.1, -0.05) is 24.3 Å². The summed E-state index contributed by atoms with van der Waals surface area (Å²) in [4.78, 5) is -1.08. The van der Waals surface area contributed by atoms with Gasteiger partial charge in [0.25, 0.3) is 0 Å². The first-order valence-electron chi connectivity index (χ1n) is 6.00. The molecule has 0 bridgehead atoms. The van der Waals surface area contributed by atoms with E-state index in [2.05, 4.69) is 0 Å². The molecule has 0 aliphatic heterocycles. The second-order valence-electron chi connectivity index (χ2n) is 4.69. The molecular weight excluding hydrogens is 335 g/mol. The second-order valence-corrected chi connectivity index (χ2v) is 6.04. The van der Waals surface area contributed by atoms with E-state index in [4.69, 9.17) is 0 Å². The van der Waals surface area contributed by atoms with Crippen molar-refractivity contribution in [3.63, 3.8) is 0 Å². The molecule has 4 N–H and O–H groups in total. The smallest absolute Gasteiger partial charge is 0.744 e. The minimum absolute atomic E-state index is 0. The quantitative estimate of drug-likeness (QED) is 0.142. The standard InChI is InChI=1S/C14H10O7S.Na/c15-11-6-3-1-2-4-7(6)12(16)10-8(11)5-9(22(19,20)21)13(17)14(10)18;/h1-5,15-18H,(H,19,20,21);/q;+1/p-1. The Morgan fingerprint density at radius 1 is 0.783 bits per heavy atom. The first kappa shape index (κ1) is 17.6. The number of phenolic OH excluding ortho intramolecular Hbond substituents is 4. The third-order valence-corrected chi connectivity index (χ3v) is 4.29. The molecule has 0 aliphatic rings. The minimum Gasteiger partial charge on any atom is -0.744 e. The van der Waals surface area contributed by atoms with Gasteiger partial charge in [0.15, 0.2) is 11.5 Å². The van der Waals surface area contributed by atoms with E-state index >= 15 is 0 Å². The summed E-state index contributed by atoms with van der Waals surface area (Å²) >= 11 is 0. The van der Waals surface area contributed by atoms with Crippen LogP contribution in [-0.2, 0) is 10.1 Å². The molecule has 23 heavy (non-hydrogen) atoms. The van der Waals surface area contributed by atoms with Gasteiger partial charge in [0, 0.05) is 16.2 Å². The van der Waals surface area contributed by atoms with Crippen molar-refractivity contribution < 1.29 is 63.0 Å². The van der Waals surface area contributed by atoms with E-state index in [1.54, 1.807) is 12.1 Å². The molecule has 0 fully saturated rings. The van der Waals surface area contributed by atoms with Crippen LogP contribution in [0.25, 0.3) is 21.5 Å². The first-order chi connectivity index (χ1) is 10.2. The van der Waals surface area contributed by atoms with Crippen LogP contribution in [0.3, 0.4) is 0 Å². The summed E-state index contributed by atoms with van der Waals surface area (Å²) in [5.74, 6) is -3.05. The SMILES string of the molecule is O=S(=O)([O-])c1cc2c(O)c3ccccc3c(O)c2c(O)c1O.[Na+].